The summed E-state index contributed by atoms with van der Waals surface area (Å²) in [6.45, 7) is 5.84. The summed E-state index contributed by atoms with van der Waals surface area (Å²) in [6, 6.07) is 4.71. The highest BCUT2D eigenvalue weighted by Crippen LogP contribution is 2.21. The predicted molar refractivity (Wildman–Crippen MR) is 70.9 cm³/mol. The highest BCUT2D eigenvalue weighted by molar-refractivity contribution is 5.14. The number of nitrogens with one attached hydrogen (secondary N) is 1. The topological polar surface area (TPSA) is 28.2 Å². The fourth-order valence-electron chi connectivity index (χ4n) is 2.53. The quantitative estimate of drug-likeness (QED) is 0.863. The molecule has 1 saturated heterocycles. The summed E-state index contributed by atoms with van der Waals surface area (Å²) in [7, 11) is 2.23. The second-order valence-electron chi connectivity index (χ2n) is 5.09. The van der Waals surface area contributed by atoms with Crippen LogP contribution in [0.4, 0.5) is 0 Å². The molecule has 1 aromatic rings. The molecule has 94 valence electrons. The van der Waals surface area contributed by atoms with Gasteiger partial charge in [0.1, 0.15) is 0 Å². The first-order chi connectivity index (χ1) is 8.27. The Kier molecular flexibility index (Phi) is 4.51. The van der Waals surface area contributed by atoms with Crippen LogP contribution >= 0.6 is 0 Å². The van der Waals surface area contributed by atoms with Crippen molar-refractivity contribution in [2.45, 2.75) is 25.8 Å². The summed E-state index contributed by atoms with van der Waals surface area (Å²) in [6.07, 6.45) is 6.38. The van der Waals surface area contributed by atoms with E-state index in [9.17, 15) is 0 Å². The molecule has 0 bridgehead atoms. The zero-order valence-electron chi connectivity index (χ0n) is 10.9. The van der Waals surface area contributed by atoms with Gasteiger partial charge in [0.15, 0.2) is 0 Å². The van der Waals surface area contributed by atoms with Gasteiger partial charge in [0.2, 0.25) is 0 Å². The van der Waals surface area contributed by atoms with Crippen LogP contribution in [0.15, 0.2) is 24.5 Å². The summed E-state index contributed by atoms with van der Waals surface area (Å²) in [4.78, 5) is 6.54. The molecule has 2 rings (SSSR count). The van der Waals surface area contributed by atoms with Crippen molar-refractivity contribution >= 4 is 0 Å². The second kappa shape index (κ2) is 6.12. The Bertz CT molecular complexity index is 319. The van der Waals surface area contributed by atoms with Gasteiger partial charge >= 0.3 is 0 Å². The van der Waals surface area contributed by atoms with E-state index in [2.05, 4.69) is 41.3 Å². The third kappa shape index (κ3) is 3.51. The molecular formula is C14H23N3. The fraction of sp³-hybridized carbons (Fsp3) is 0.643. The van der Waals surface area contributed by atoms with Gasteiger partial charge in [0.05, 0.1) is 0 Å². The van der Waals surface area contributed by atoms with E-state index in [1.807, 2.05) is 12.4 Å². The third-order valence-electron chi connectivity index (χ3n) is 3.85. The normalized spacial score (nSPS) is 19.5. The molecule has 1 N–H and O–H groups in total. The minimum atomic E-state index is 0.480. The minimum absolute atomic E-state index is 0.480. The van der Waals surface area contributed by atoms with Crippen LogP contribution < -0.4 is 5.32 Å². The molecule has 3 heteroatoms. The summed E-state index contributed by atoms with van der Waals surface area (Å²) in [5.74, 6) is 0.852. The number of nitrogens with zero attached hydrogens (tertiary/aromatic N) is 2. The first-order valence-electron chi connectivity index (χ1n) is 6.58. The van der Waals surface area contributed by atoms with E-state index in [-0.39, 0.29) is 0 Å². The van der Waals surface area contributed by atoms with Gasteiger partial charge < -0.3 is 5.32 Å². The number of hydrogen-bond acceptors (Lipinski definition) is 3. The first kappa shape index (κ1) is 12.5. The number of hydrogen-bond donors (Lipinski definition) is 1. The Morgan fingerprint density at radius 3 is 2.65 bits per heavy atom. The highest BCUT2D eigenvalue weighted by Gasteiger charge is 2.18. The smallest absolute Gasteiger partial charge is 0.0318 e. The van der Waals surface area contributed by atoms with Crippen molar-refractivity contribution in [3.63, 3.8) is 0 Å². The molecule has 2 heterocycles. The molecule has 17 heavy (non-hydrogen) atoms. The first-order valence-corrected chi connectivity index (χ1v) is 6.58. The van der Waals surface area contributed by atoms with Crippen LogP contribution in [0.3, 0.4) is 0 Å². The Labute approximate surface area is 104 Å². The van der Waals surface area contributed by atoms with Gasteiger partial charge in [0, 0.05) is 25.0 Å². The van der Waals surface area contributed by atoms with Crippen molar-refractivity contribution in [2.24, 2.45) is 5.92 Å². The van der Waals surface area contributed by atoms with E-state index in [1.165, 1.54) is 38.0 Å². The van der Waals surface area contributed by atoms with Gasteiger partial charge in [-0.2, -0.15) is 0 Å². The average molecular weight is 233 g/mol. The predicted octanol–water partition coefficient (Wildman–Crippen LogP) is 2.07. The van der Waals surface area contributed by atoms with Crippen molar-refractivity contribution in [1.29, 1.82) is 0 Å². The molecule has 1 atom stereocenters. The van der Waals surface area contributed by atoms with Crippen molar-refractivity contribution in [1.82, 2.24) is 15.2 Å². The molecule has 0 unspecified atom stereocenters. The molecule has 1 aromatic heterocycles. The van der Waals surface area contributed by atoms with E-state index >= 15 is 0 Å². The van der Waals surface area contributed by atoms with Gasteiger partial charge in [-0.25, -0.2) is 0 Å². The standard InChI is InChI=1S/C14H23N3/c1-12(14-5-9-16-10-6-14)17(2)11-13-3-7-15-8-4-13/h5-6,9-10,12-13,15H,3-4,7-8,11H2,1-2H3/t12-/m0/s1. The van der Waals surface area contributed by atoms with Crippen molar-refractivity contribution in [3.8, 4) is 0 Å². The lowest BCUT2D eigenvalue weighted by molar-refractivity contribution is 0.196. The minimum Gasteiger partial charge on any atom is -0.317 e. The highest BCUT2D eigenvalue weighted by atomic mass is 15.1. The van der Waals surface area contributed by atoms with Gasteiger partial charge in [-0.15, -0.1) is 0 Å². The molecule has 3 nitrogen and oxygen atoms in total. The largest absolute Gasteiger partial charge is 0.317 e. The van der Waals surface area contributed by atoms with E-state index in [0.29, 0.717) is 6.04 Å². The van der Waals surface area contributed by atoms with Crippen LogP contribution in [0.2, 0.25) is 0 Å². The zero-order valence-corrected chi connectivity index (χ0v) is 10.9. The van der Waals surface area contributed by atoms with Gasteiger partial charge in [-0.3, -0.25) is 9.88 Å². The summed E-state index contributed by atoms with van der Waals surface area (Å²) >= 11 is 0. The summed E-state index contributed by atoms with van der Waals surface area (Å²) in [5, 5.41) is 3.42. The van der Waals surface area contributed by atoms with Crippen LogP contribution in [0.5, 0.6) is 0 Å². The molecule has 1 aliphatic heterocycles. The Morgan fingerprint density at radius 1 is 1.35 bits per heavy atom. The average Bonchev–Trinajstić information content (AvgIpc) is 2.40. The lowest BCUT2D eigenvalue weighted by Crippen LogP contribution is -2.35. The molecule has 1 fully saturated rings. The fourth-order valence-corrected chi connectivity index (χ4v) is 2.53. The maximum atomic E-state index is 4.08. The van der Waals surface area contributed by atoms with Crippen molar-refractivity contribution in [2.75, 3.05) is 26.7 Å². The molecular weight excluding hydrogens is 210 g/mol. The third-order valence-corrected chi connectivity index (χ3v) is 3.85. The maximum Gasteiger partial charge on any atom is 0.0318 e. The number of aromatic nitrogens is 1. The van der Waals surface area contributed by atoms with E-state index < -0.39 is 0 Å². The van der Waals surface area contributed by atoms with Gasteiger partial charge in [0.25, 0.3) is 0 Å². The van der Waals surface area contributed by atoms with E-state index in [1.54, 1.807) is 0 Å². The molecule has 1 aliphatic rings. The Morgan fingerprint density at radius 2 is 2.00 bits per heavy atom. The molecule has 0 spiro atoms. The second-order valence-corrected chi connectivity index (χ2v) is 5.09. The molecule has 0 aromatic carbocycles. The van der Waals surface area contributed by atoms with Crippen LogP contribution in [0, 0.1) is 5.92 Å². The monoisotopic (exact) mass is 233 g/mol. The lowest BCUT2D eigenvalue weighted by atomic mass is 9.96. The van der Waals surface area contributed by atoms with Crippen LogP contribution in [-0.4, -0.2) is 36.6 Å². The van der Waals surface area contributed by atoms with Gasteiger partial charge in [-0.1, -0.05) is 0 Å². The van der Waals surface area contributed by atoms with E-state index in [4.69, 9.17) is 0 Å². The SMILES string of the molecule is C[C@@H](c1ccncc1)N(C)CC1CCNCC1. The van der Waals surface area contributed by atoms with E-state index in [0.717, 1.165) is 5.92 Å². The molecule has 0 radical (unpaired) electrons. The van der Waals surface area contributed by atoms with Crippen LogP contribution in [0.25, 0.3) is 0 Å². The lowest BCUT2D eigenvalue weighted by Gasteiger charge is -2.31. The summed E-state index contributed by atoms with van der Waals surface area (Å²) in [5.41, 5.74) is 1.36. The van der Waals surface area contributed by atoms with Crippen LogP contribution in [-0.2, 0) is 0 Å². The number of piperidine rings is 1. The van der Waals surface area contributed by atoms with Gasteiger partial charge in [-0.05, 0) is 63.5 Å². The Balaban J connectivity index is 1.88. The zero-order chi connectivity index (χ0) is 12.1. The van der Waals surface area contributed by atoms with Crippen molar-refractivity contribution < 1.29 is 0 Å². The Hall–Kier alpha value is -0.930. The maximum absolute atomic E-state index is 4.08. The molecule has 0 aliphatic carbocycles. The summed E-state index contributed by atoms with van der Waals surface area (Å²) < 4.78 is 0. The number of rotatable bonds is 4. The molecule has 0 amide bonds. The van der Waals surface area contributed by atoms with Crippen molar-refractivity contribution in [3.05, 3.63) is 30.1 Å². The van der Waals surface area contributed by atoms with Crippen LogP contribution in [0.1, 0.15) is 31.4 Å². The molecule has 0 saturated carbocycles. The number of pyridine rings is 1.